The molecule has 2 nitrogen and oxygen atoms in total. The van der Waals surface area contributed by atoms with E-state index in [0.717, 1.165) is 8.66 Å². The van der Waals surface area contributed by atoms with Gasteiger partial charge in [0.25, 0.3) is 0 Å². The normalized spacial score (nSPS) is 10.6. The number of halogens is 3. The van der Waals surface area contributed by atoms with Gasteiger partial charge in [-0.2, -0.15) is 0 Å². The Kier molecular flexibility index (Phi) is 4.33. The molecular formula is C12H8BrCl2NOS. The molecule has 1 aromatic heterocycles. The lowest BCUT2D eigenvalue weighted by atomic mass is 10.1. The third-order valence-corrected chi connectivity index (χ3v) is 4.61. The summed E-state index contributed by atoms with van der Waals surface area (Å²) in [7, 11) is 0. The number of anilines is 1. The predicted molar refractivity (Wildman–Crippen MR) is 80.9 cm³/mol. The molecule has 94 valence electrons. The van der Waals surface area contributed by atoms with Crippen molar-refractivity contribution in [2.24, 2.45) is 0 Å². The quantitative estimate of drug-likeness (QED) is 0.626. The summed E-state index contributed by atoms with van der Waals surface area (Å²) in [5, 5.41) is 0.608. The van der Waals surface area contributed by atoms with Crippen molar-refractivity contribution < 1.29 is 4.79 Å². The molecule has 0 saturated carbocycles. The number of carbonyl (C=O) groups excluding carboxylic acids is 1. The maximum Gasteiger partial charge on any atom is 0.168 e. The van der Waals surface area contributed by atoms with E-state index in [2.05, 4.69) is 15.9 Å². The van der Waals surface area contributed by atoms with Crippen molar-refractivity contribution in [3.05, 3.63) is 48.5 Å². The number of benzene rings is 1. The van der Waals surface area contributed by atoms with Gasteiger partial charge in [0.15, 0.2) is 5.78 Å². The van der Waals surface area contributed by atoms with E-state index in [1.807, 2.05) is 12.1 Å². The van der Waals surface area contributed by atoms with E-state index in [1.165, 1.54) is 11.3 Å². The zero-order valence-electron chi connectivity index (χ0n) is 9.04. The fourth-order valence-corrected chi connectivity index (χ4v) is 3.42. The van der Waals surface area contributed by atoms with Crippen LogP contribution >= 0.6 is 50.5 Å². The van der Waals surface area contributed by atoms with E-state index in [4.69, 9.17) is 28.9 Å². The summed E-state index contributed by atoms with van der Waals surface area (Å²) in [6.45, 7) is 0. The minimum Gasteiger partial charge on any atom is -0.396 e. The van der Waals surface area contributed by atoms with Gasteiger partial charge in [-0.1, -0.05) is 23.2 Å². The van der Waals surface area contributed by atoms with E-state index in [9.17, 15) is 4.79 Å². The van der Waals surface area contributed by atoms with Crippen LogP contribution < -0.4 is 5.73 Å². The minimum absolute atomic E-state index is 0.0341. The van der Waals surface area contributed by atoms with Crippen molar-refractivity contribution in [3.8, 4) is 0 Å². The maximum absolute atomic E-state index is 12.1. The third-order valence-electron chi connectivity index (χ3n) is 2.36. The second-order valence-corrected chi connectivity index (χ2v) is 7.02. The number of hydrogen-bond acceptors (Lipinski definition) is 3. The third kappa shape index (κ3) is 3.06. The van der Waals surface area contributed by atoms with Crippen LogP contribution in [0.5, 0.6) is 0 Å². The topological polar surface area (TPSA) is 43.1 Å². The van der Waals surface area contributed by atoms with Crippen LogP contribution in [0.1, 0.15) is 15.2 Å². The van der Waals surface area contributed by atoms with Gasteiger partial charge < -0.3 is 5.73 Å². The van der Waals surface area contributed by atoms with Crippen molar-refractivity contribution in [3.63, 3.8) is 0 Å². The van der Waals surface area contributed by atoms with Crippen LogP contribution in [-0.2, 0) is 6.42 Å². The SMILES string of the molecule is Nc1c(Cl)cc(C(=O)Cc2ccc(Br)s2)cc1Cl. The Labute approximate surface area is 127 Å². The highest BCUT2D eigenvalue weighted by Gasteiger charge is 2.12. The van der Waals surface area contributed by atoms with E-state index in [-0.39, 0.29) is 5.78 Å². The van der Waals surface area contributed by atoms with Crippen LogP contribution in [0.2, 0.25) is 10.0 Å². The Morgan fingerprint density at radius 3 is 2.39 bits per heavy atom. The predicted octanol–water partition coefficient (Wildman–Crippen LogP) is 4.83. The molecule has 0 fully saturated rings. The van der Waals surface area contributed by atoms with Gasteiger partial charge in [0, 0.05) is 16.9 Å². The number of hydrogen-bond donors (Lipinski definition) is 1. The summed E-state index contributed by atoms with van der Waals surface area (Å²) >= 11 is 16.7. The van der Waals surface area contributed by atoms with Gasteiger partial charge in [-0.25, -0.2) is 0 Å². The first-order valence-corrected chi connectivity index (χ1v) is 7.36. The molecule has 1 heterocycles. The first-order chi connectivity index (χ1) is 8.47. The molecule has 0 unspecified atom stereocenters. The molecule has 0 aliphatic carbocycles. The maximum atomic E-state index is 12.1. The Morgan fingerprint density at radius 2 is 1.89 bits per heavy atom. The lowest BCUT2D eigenvalue weighted by molar-refractivity contribution is 0.0994. The molecule has 2 N–H and O–H groups in total. The Morgan fingerprint density at radius 1 is 1.28 bits per heavy atom. The summed E-state index contributed by atoms with van der Waals surface area (Å²) in [5.41, 5.74) is 6.40. The van der Waals surface area contributed by atoms with Gasteiger partial charge in [-0.05, 0) is 40.2 Å². The lowest BCUT2D eigenvalue weighted by Gasteiger charge is -2.05. The number of nitrogens with two attached hydrogens (primary N) is 1. The van der Waals surface area contributed by atoms with E-state index < -0.39 is 0 Å². The molecular weight excluding hydrogens is 357 g/mol. The fraction of sp³-hybridized carbons (Fsp3) is 0.0833. The van der Waals surface area contributed by atoms with Crippen molar-refractivity contribution in [1.29, 1.82) is 0 Å². The molecule has 1 aromatic carbocycles. The average Bonchev–Trinajstić information content (AvgIpc) is 2.71. The van der Waals surface area contributed by atoms with Gasteiger partial charge in [-0.3, -0.25) is 4.79 Å². The Balaban J connectivity index is 2.24. The number of Topliss-reactive ketones (excluding diaryl/α,β-unsaturated/α-hetero) is 1. The van der Waals surface area contributed by atoms with Gasteiger partial charge in [0.05, 0.1) is 19.5 Å². The highest BCUT2D eigenvalue weighted by molar-refractivity contribution is 9.11. The second-order valence-electron chi connectivity index (χ2n) is 3.66. The van der Waals surface area contributed by atoms with Crippen molar-refractivity contribution >= 4 is 61.9 Å². The summed E-state index contributed by atoms with van der Waals surface area (Å²) in [6, 6.07) is 6.92. The van der Waals surface area contributed by atoms with Crippen LogP contribution in [0.25, 0.3) is 0 Å². The highest BCUT2D eigenvalue weighted by Crippen LogP contribution is 2.30. The van der Waals surface area contributed by atoms with Gasteiger partial charge in [0.1, 0.15) is 0 Å². The van der Waals surface area contributed by atoms with Crippen molar-refractivity contribution in [2.45, 2.75) is 6.42 Å². The molecule has 2 aromatic rings. The van der Waals surface area contributed by atoms with Gasteiger partial charge in [-0.15, -0.1) is 11.3 Å². The number of nitrogen functional groups attached to an aromatic ring is 1. The largest absolute Gasteiger partial charge is 0.396 e. The Bertz CT molecular complexity index is 589. The standard InChI is InChI=1S/C12H8BrCl2NOS/c13-11-2-1-7(18-11)5-10(17)6-3-8(14)12(16)9(15)4-6/h1-4H,5,16H2. The molecule has 18 heavy (non-hydrogen) atoms. The zero-order chi connectivity index (χ0) is 13.3. The Hall–Kier alpha value is -0.550. The number of carbonyl (C=O) groups is 1. The molecule has 0 amide bonds. The summed E-state index contributed by atoms with van der Waals surface area (Å²) in [5.74, 6) is -0.0341. The second kappa shape index (κ2) is 5.61. The molecule has 0 spiro atoms. The van der Waals surface area contributed by atoms with Crippen molar-refractivity contribution in [1.82, 2.24) is 0 Å². The van der Waals surface area contributed by atoms with E-state index >= 15 is 0 Å². The molecule has 0 aliphatic heterocycles. The monoisotopic (exact) mass is 363 g/mol. The molecule has 0 atom stereocenters. The average molecular weight is 365 g/mol. The van der Waals surface area contributed by atoms with Crippen molar-refractivity contribution in [2.75, 3.05) is 5.73 Å². The zero-order valence-corrected chi connectivity index (χ0v) is 13.0. The van der Waals surface area contributed by atoms with Crippen LogP contribution in [0.15, 0.2) is 28.1 Å². The van der Waals surface area contributed by atoms with Gasteiger partial charge >= 0.3 is 0 Å². The number of ketones is 1. The van der Waals surface area contributed by atoms with E-state index in [0.29, 0.717) is 27.7 Å². The first kappa shape index (κ1) is 13.9. The molecule has 0 saturated heterocycles. The van der Waals surface area contributed by atoms with E-state index in [1.54, 1.807) is 12.1 Å². The molecule has 0 radical (unpaired) electrons. The smallest absolute Gasteiger partial charge is 0.168 e. The molecule has 6 heteroatoms. The highest BCUT2D eigenvalue weighted by atomic mass is 79.9. The minimum atomic E-state index is -0.0341. The summed E-state index contributed by atoms with van der Waals surface area (Å²) in [4.78, 5) is 13.1. The number of thiophene rings is 1. The fourth-order valence-electron chi connectivity index (χ4n) is 1.45. The summed E-state index contributed by atoms with van der Waals surface area (Å²) < 4.78 is 0.999. The molecule has 0 bridgehead atoms. The number of rotatable bonds is 3. The summed E-state index contributed by atoms with van der Waals surface area (Å²) in [6.07, 6.45) is 0.326. The van der Waals surface area contributed by atoms with Crippen LogP contribution in [0.3, 0.4) is 0 Å². The lowest BCUT2D eigenvalue weighted by Crippen LogP contribution is -2.03. The first-order valence-electron chi connectivity index (χ1n) is 4.99. The van der Waals surface area contributed by atoms with Crippen LogP contribution in [-0.4, -0.2) is 5.78 Å². The van der Waals surface area contributed by atoms with Crippen LogP contribution in [0.4, 0.5) is 5.69 Å². The van der Waals surface area contributed by atoms with Gasteiger partial charge in [0.2, 0.25) is 0 Å². The van der Waals surface area contributed by atoms with Crippen LogP contribution in [0, 0.1) is 0 Å². The molecule has 0 aliphatic rings. The molecule has 2 rings (SSSR count).